The highest BCUT2D eigenvalue weighted by Gasteiger charge is 2.27. The number of hydrogen-bond acceptors (Lipinski definition) is 3. The maximum atomic E-state index is 5.29. The summed E-state index contributed by atoms with van der Waals surface area (Å²) in [6.45, 7) is 11.2. The highest BCUT2D eigenvalue weighted by atomic mass is 16.5. The molecule has 3 unspecified atom stereocenters. The molecule has 1 fully saturated rings. The molecule has 1 rings (SSSR count). The van der Waals surface area contributed by atoms with E-state index in [0.29, 0.717) is 6.04 Å². The molecule has 0 saturated heterocycles. The first-order valence-corrected chi connectivity index (χ1v) is 8.69. The van der Waals surface area contributed by atoms with E-state index in [1.807, 2.05) is 0 Å². The molecule has 0 aromatic carbocycles. The molecule has 1 saturated carbocycles. The van der Waals surface area contributed by atoms with Gasteiger partial charge < -0.3 is 10.1 Å². The predicted octanol–water partition coefficient (Wildman–Crippen LogP) is 3.29. The van der Waals surface area contributed by atoms with Crippen LogP contribution < -0.4 is 5.32 Å². The topological polar surface area (TPSA) is 24.5 Å². The van der Waals surface area contributed by atoms with Crippen molar-refractivity contribution < 1.29 is 4.74 Å². The predicted molar refractivity (Wildman–Crippen MR) is 87.2 cm³/mol. The minimum atomic E-state index is 0.666. The Morgan fingerprint density at radius 1 is 1.25 bits per heavy atom. The summed E-state index contributed by atoms with van der Waals surface area (Å²) in [6, 6.07) is 1.40. The van der Waals surface area contributed by atoms with Gasteiger partial charge in [-0.1, -0.05) is 26.7 Å². The first kappa shape index (κ1) is 17.9. The van der Waals surface area contributed by atoms with Crippen LogP contribution in [-0.2, 0) is 4.74 Å². The first-order chi connectivity index (χ1) is 9.72. The molecule has 3 heteroatoms. The van der Waals surface area contributed by atoms with E-state index in [1.54, 1.807) is 7.11 Å². The third-order valence-corrected chi connectivity index (χ3v) is 4.83. The number of hydrogen-bond donors (Lipinski definition) is 1. The van der Waals surface area contributed by atoms with Crippen molar-refractivity contribution in [1.82, 2.24) is 10.2 Å². The lowest BCUT2D eigenvalue weighted by molar-refractivity contribution is 0.0923. The van der Waals surface area contributed by atoms with Crippen LogP contribution in [0.4, 0.5) is 0 Å². The molecule has 0 bridgehead atoms. The minimum Gasteiger partial charge on any atom is -0.383 e. The fourth-order valence-electron chi connectivity index (χ4n) is 3.28. The smallest absolute Gasteiger partial charge is 0.0589 e. The highest BCUT2D eigenvalue weighted by Crippen LogP contribution is 2.26. The standard InChI is InChI=1S/C17H36N2O/c1-5-11-18-17-10-8-7-9-16(17)14-19(12-13-20-4)15(3)6-2/h15-18H,5-14H2,1-4H3. The molecule has 0 spiro atoms. The Balaban J connectivity index is 2.53. The van der Waals surface area contributed by atoms with Crippen LogP contribution in [0.2, 0.25) is 0 Å². The van der Waals surface area contributed by atoms with Crippen molar-refractivity contribution in [3.05, 3.63) is 0 Å². The second kappa shape index (κ2) is 10.6. The van der Waals surface area contributed by atoms with Crippen LogP contribution in [0, 0.1) is 5.92 Å². The van der Waals surface area contributed by atoms with E-state index in [2.05, 4.69) is 31.0 Å². The van der Waals surface area contributed by atoms with Gasteiger partial charge in [-0.2, -0.15) is 0 Å². The summed E-state index contributed by atoms with van der Waals surface area (Å²) < 4.78 is 5.29. The fraction of sp³-hybridized carbons (Fsp3) is 1.00. The summed E-state index contributed by atoms with van der Waals surface area (Å²) in [5.74, 6) is 0.821. The van der Waals surface area contributed by atoms with Gasteiger partial charge >= 0.3 is 0 Å². The number of rotatable bonds is 10. The van der Waals surface area contributed by atoms with Crippen molar-refractivity contribution in [1.29, 1.82) is 0 Å². The number of nitrogens with zero attached hydrogens (tertiary/aromatic N) is 1. The SMILES string of the molecule is CCCNC1CCCCC1CN(CCOC)C(C)CC. The van der Waals surface area contributed by atoms with E-state index >= 15 is 0 Å². The summed E-state index contributed by atoms with van der Waals surface area (Å²) in [6.07, 6.45) is 8.03. The second-order valence-electron chi connectivity index (χ2n) is 6.35. The lowest BCUT2D eigenvalue weighted by atomic mass is 9.83. The molecule has 120 valence electrons. The Kier molecular flexibility index (Phi) is 9.49. The van der Waals surface area contributed by atoms with Crippen molar-refractivity contribution in [2.24, 2.45) is 5.92 Å². The molecular formula is C17H36N2O. The summed E-state index contributed by atoms with van der Waals surface area (Å²) in [7, 11) is 1.81. The molecule has 3 nitrogen and oxygen atoms in total. The van der Waals surface area contributed by atoms with E-state index < -0.39 is 0 Å². The van der Waals surface area contributed by atoms with Crippen LogP contribution in [0.15, 0.2) is 0 Å². The largest absolute Gasteiger partial charge is 0.383 e. The summed E-state index contributed by atoms with van der Waals surface area (Å²) in [5.41, 5.74) is 0. The summed E-state index contributed by atoms with van der Waals surface area (Å²) in [4.78, 5) is 2.64. The van der Waals surface area contributed by atoms with Gasteiger partial charge in [0.05, 0.1) is 6.61 Å². The molecule has 0 amide bonds. The van der Waals surface area contributed by atoms with Crippen LogP contribution in [0.5, 0.6) is 0 Å². The van der Waals surface area contributed by atoms with Crippen molar-refractivity contribution >= 4 is 0 Å². The van der Waals surface area contributed by atoms with Crippen LogP contribution in [-0.4, -0.2) is 50.3 Å². The van der Waals surface area contributed by atoms with Gasteiger partial charge in [-0.05, 0) is 45.1 Å². The van der Waals surface area contributed by atoms with Crippen LogP contribution in [0.25, 0.3) is 0 Å². The molecule has 1 N–H and O–H groups in total. The molecule has 0 aromatic heterocycles. The first-order valence-electron chi connectivity index (χ1n) is 8.69. The Morgan fingerprint density at radius 2 is 2.00 bits per heavy atom. The van der Waals surface area contributed by atoms with Gasteiger partial charge in [-0.15, -0.1) is 0 Å². The highest BCUT2D eigenvalue weighted by molar-refractivity contribution is 4.84. The Morgan fingerprint density at radius 3 is 2.65 bits per heavy atom. The van der Waals surface area contributed by atoms with Gasteiger partial charge in [0.1, 0.15) is 0 Å². The van der Waals surface area contributed by atoms with Crippen molar-refractivity contribution in [2.75, 3.05) is 33.4 Å². The molecule has 0 heterocycles. The summed E-state index contributed by atoms with van der Waals surface area (Å²) >= 11 is 0. The van der Waals surface area contributed by atoms with Crippen molar-refractivity contribution in [3.8, 4) is 0 Å². The monoisotopic (exact) mass is 284 g/mol. The van der Waals surface area contributed by atoms with Gasteiger partial charge in [0.15, 0.2) is 0 Å². The van der Waals surface area contributed by atoms with E-state index in [1.165, 1.54) is 51.6 Å². The van der Waals surface area contributed by atoms with E-state index in [0.717, 1.165) is 25.1 Å². The fourth-order valence-corrected chi connectivity index (χ4v) is 3.28. The van der Waals surface area contributed by atoms with Gasteiger partial charge in [-0.25, -0.2) is 0 Å². The lowest BCUT2D eigenvalue weighted by Gasteiger charge is -2.38. The number of nitrogens with one attached hydrogen (secondary N) is 1. The normalized spacial score (nSPS) is 25.1. The summed E-state index contributed by atoms with van der Waals surface area (Å²) in [5, 5.41) is 3.78. The zero-order valence-corrected chi connectivity index (χ0v) is 14.2. The van der Waals surface area contributed by atoms with Crippen LogP contribution >= 0.6 is 0 Å². The molecule has 1 aliphatic carbocycles. The van der Waals surface area contributed by atoms with Gasteiger partial charge in [0.25, 0.3) is 0 Å². The second-order valence-corrected chi connectivity index (χ2v) is 6.35. The molecular weight excluding hydrogens is 248 g/mol. The molecule has 0 aliphatic heterocycles. The van der Waals surface area contributed by atoms with Gasteiger partial charge in [-0.3, -0.25) is 4.90 Å². The number of ether oxygens (including phenoxy) is 1. The van der Waals surface area contributed by atoms with Crippen LogP contribution in [0.3, 0.4) is 0 Å². The lowest BCUT2D eigenvalue weighted by Crippen LogP contribution is -2.47. The zero-order valence-electron chi connectivity index (χ0n) is 14.2. The van der Waals surface area contributed by atoms with Gasteiger partial charge in [0.2, 0.25) is 0 Å². The Hall–Kier alpha value is -0.120. The van der Waals surface area contributed by atoms with Crippen molar-refractivity contribution in [3.63, 3.8) is 0 Å². The molecule has 0 radical (unpaired) electrons. The quantitative estimate of drug-likeness (QED) is 0.666. The zero-order chi connectivity index (χ0) is 14.8. The van der Waals surface area contributed by atoms with Crippen LogP contribution in [0.1, 0.15) is 59.3 Å². The van der Waals surface area contributed by atoms with E-state index in [4.69, 9.17) is 4.74 Å². The Bertz CT molecular complexity index is 235. The van der Waals surface area contributed by atoms with E-state index in [-0.39, 0.29) is 0 Å². The molecule has 0 aromatic rings. The molecule has 3 atom stereocenters. The molecule has 20 heavy (non-hydrogen) atoms. The molecule has 1 aliphatic rings. The third kappa shape index (κ3) is 6.11. The van der Waals surface area contributed by atoms with Crippen molar-refractivity contribution in [2.45, 2.75) is 71.4 Å². The minimum absolute atomic E-state index is 0.666. The third-order valence-electron chi connectivity index (χ3n) is 4.83. The maximum Gasteiger partial charge on any atom is 0.0589 e. The number of methoxy groups -OCH3 is 1. The average Bonchev–Trinajstić information content (AvgIpc) is 2.49. The maximum absolute atomic E-state index is 5.29. The van der Waals surface area contributed by atoms with E-state index in [9.17, 15) is 0 Å². The van der Waals surface area contributed by atoms with Gasteiger partial charge in [0, 0.05) is 32.3 Å². The average molecular weight is 284 g/mol. The Labute approximate surface area is 126 Å².